The third-order valence-electron chi connectivity index (χ3n) is 5.96. The summed E-state index contributed by atoms with van der Waals surface area (Å²) in [6, 6.07) is 11.7. The summed E-state index contributed by atoms with van der Waals surface area (Å²) in [6.45, 7) is 0.420. The molecule has 4 aromatic rings. The van der Waals surface area contributed by atoms with Gasteiger partial charge in [0.15, 0.2) is 5.65 Å². The van der Waals surface area contributed by atoms with E-state index < -0.39 is 0 Å². The third-order valence-corrected chi connectivity index (χ3v) is 6.82. The molecule has 0 bridgehead atoms. The maximum atomic E-state index is 13.7. The molecule has 0 atom stereocenters. The highest BCUT2D eigenvalue weighted by Crippen LogP contribution is 2.33. The molecule has 1 saturated carbocycles. The standard InChI is InChI=1S/C22H21BrClN5O/c23-20-17-2-1-11-26-18(17)19-21(27-20)28(12-13-3-5-14(24)6-4-13)22(30)29(19)16-9-7-15(25)8-10-16/h1-6,11,15-16H,7-10,12,25H2. The molecule has 0 radical (unpaired) electrons. The summed E-state index contributed by atoms with van der Waals surface area (Å²) in [5.41, 5.74) is 9.28. The lowest BCUT2D eigenvalue weighted by Gasteiger charge is -2.27. The fraction of sp³-hybridized carbons (Fsp3) is 0.318. The minimum absolute atomic E-state index is 0.0574. The number of hydrogen-bond donors (Lipinski definition) is 1. The van der Waals surface area contributed by atoms with Crippen LogP contribution in [-0.4, -0.2) is 25.1 Å². The molecule has 1 aliphatic rings. The van der Waals surface area contributed by atoms with E-state index in [1.165, 1.54) is 0 Å². The van der Waals surface area contributed by atoms with Crippen molar-refractivity contribution in [1.82, 2.24) is 19.1 Å². The topological polar surface area (TPSA) is 78.7 Å². The van der Waals surface area contributed by atoms with Crippen LogP contribution in [0.25, 0.3) is 22.1 Å². The van der Waals surface area contributed by atoms with Crippen molar-refractivity contribution in [1.29, 1.82) is 0 Å². The van der Waals surface area contributed by atoms with Crippen molar-refractivity contribution >= 4 is 49.6 Å². The number of imidazole rings is 1. The molecule has 3 heterocycles. The van der Waals surface area contributed by atoms with Crippen LogP contribution in [0, 0.1) is 0 Å². The van der Waals surface area contributed by atoms with Crippen LogP contribution in [0.1, 0.15) is 37.3 Å². The van der Waals surface area contributed by atoms with Gasteiger partial charge < -0.3 is 5.73 Å². The van der Waals surface area contributed by atoms with Crippen molar-refractivity contribution in [2.24, 2.45) is 5.73 Å². The molecule has 0 aliphatic heterocycles. The maximum Gasteiger partial charge on any atom is 0.330 e. The van der Waals surface area contributed by atoms with Crippen molar-refractivity contribution < 1.29 is 0 Å². The molecule has 0 spiro atoms. The normalized spacial score (nSPS) is 19.6. The molecule has 30 heavy (non-hydrogen) atoms. The summed E-state index contributed by atoms with van der Waals surface area (Å²) in [7, 11) is 0. The number of nitrogens with zero attached hydrogens (tertiary/aromatic N) is 4. The van der Waals surface area contributed by atoms with Crippen molar-refractivity contribution in [3.8, 4) is 0 Å². The lowest BCUT2D eigenvalue weighted by Crippen LogP contribution is -2.33. The lowest BCUT2D eigenvalue weighted by molar-refractivity contribution is 0.322. The smallest absolute Gasteiger partial charge is 0.328 e. The molecule has 154 valence electrons. The summed E-state index contributed by atoms with van der Waals surface area (Å²) >= 11 is 9.61. The Morgan fingerprint density at radius 2 is 1.87 bits per heavy atom. The highest BCUT2D eigenvalue weighted by Gasteiger charge is 2.27. The zero-order valence-corrected chi connectivity index (χ0v) is 18.6. The molecule has 1 aromatic carbocycles. The highest BCUT2D eigenvalue weighted by molar-refractivity contribution is 9.10. The summed E-state index contributed by atoms with van der Waals surface area (Å²) in [5.74, 6) is 0. The zero-order chi connectivity index (χ0) is 20.8. The van der Waals surface area contributed by atoms with E-state index in [-0.39, 0.29) is 17.8 Å². The Morgan fingerprint density at radius 1 is 1.13 bits per heavy atom. The molecule has 5 rings (SSSR count). The molecular weight excluding hydrogens is 466 g/mol. The van der Waals surface area contributed by atoms with Gasteiger partial charge >= 0.3 is 5.69 Å². The predicted octanol–water partition coefficient (Wildman–Crippen LogP) is 4.65. The zero-order valence-electron chi connectivity index (χ0n) is 16.3. The number of fused-ring (bicyclic) bond motifs is 3. The molecule has 1 fully saturated rings. The van der Waals surface area contributed by atoms with Gasteiger partial charge in [0.2, 0.25) is 0 Å². The summed E-state index contributed by atoms with van der Waals surface area (Å²) in [4.78, 5) is 23.1. The van der Waals surface area contributed by atoms with Gasteiger partial charge in [-0.2, -0.15) is 0 Å². The fourth-order valence-corrected chi connectivity index (χ4v) is 5.03. The Kier molecular flexibility index (Phi) is 5.13. The van der Waals surface area contributed by atoms with Crippen LogP contribution in [-0.2, 0) is 6.54 Å². The second-order valence-corrected chi connectivity index (χ2v) is 9.10. The van der Waals surface area contributed by atoms with Gasteiger partial charge in [-0.1, -0.05) is 23.7 Å². The van der Waals surface area contributed by atoms with Crippen LogP contribution in [0.4, 0.5) is 0 Å². The fourth-order valence-electron chi connectivity index (χ4n) is 4.41. The molecule has 0 saturated heterocycles. The predicted molar refractivity (Wildman–Crippen MR) is 123 cm³/mol. The van der Waals surface area contributed by atoms with E-state index in [9.17, 15) is 4.79 Å². The lowest BCUT2D eigenvalue weighted by atomic mass is 9.91. The monoisotopic (exact) mass is 485 g/mol. The summed E-state index contributed by atoms with van der Waals surface area (Å²) < 4.78 is 4.34. The van der Waals surface area contributed by atoms with Crippen LogP contribution >= 0.6 is 27.5 Å². The van der Waals surface area contributed by atoms with Crippen molar-refractivity contribution in [3.05, 3.63) is 68.3 Å². The average Bonchev–Trinajstić information content (AvgIpc) is 3.02. The summed E-state index contributed by atoms with van der Waals surface area (Å²) in [6.07, 6.45) is 5.35. The van der Waals surface area contributed by atoms with Gasteiger partial charge in [-0.3, -0.25) is 14.1 Å². The van der Waals surface area contributed by atoms with Crippen LogP contribution in [0.2, 0.25) is 5.02 Å². The first-order chi connectivity index (χ1) is 14.5. The second kappa shape index (κ2) is 7.80. The molecule has 2 N–H and O–H groups in total. The number of halogens is 2. The van der Waals surface area contributed by atoms with Gasteiger partial charge in [-0.15, -0.1) is 0 Å². The summed E-state index contributed by atoms with van der Waals surface area (Å²) in [5, 5.41) is 1.57. The van der Waals surface area contributed by atoms with Crippen LogP contribution in [0.15, 0.2) is 52.0 Å². The molecule has 6 nitrogen and oxygen atoms in total. The Bertz CT molecular complexity index is 1290. The van der Waals surface area contributed by atoms with E-state index in [0.29, 0.717) is 21.8 Å². The quantitative estimate of drug-likeness (QED) is 0.427. The van der Waals surface area contributed by atoms with Crippen LogP contribution < -0.4 is 11.4 Å². The van der Waals surface area contributed by atoms with Gasteiger partial charge in [0.05, 0.1) is 6.54 Å². The van der Waals surface area contributed by atoms with Crippen LogP contribution in [0.3, 0.4) is 0 Å². The number of hydrogen-bond acceptors (Lipinski definition) is 4. The first kappa shape index (κ1) is 19.7. The van der Waals surface area contributed by atoms with E-state index in [0.717, 1.165) is 47.7 Å². The maximum absolute atomic E-state index is 13.7. The highest BCUT2D eigenvalue weighted by atomic mass is 79.9. The Hall–Kier alpha value is -2.22. The first-order valence-electron chi connectivity index (χ1n) is 10.1. The van der Waals surface area contributed by atoms with E-state index >= 15 is 0 Å². The van der Waals surface area contributed by atoms with Gasteiger partial charge in [0.1, 0.15) is 15.6 Å². The minimum atomic E-state index is -0.0574. The molecule has 1 aliphatic carbocycles. The van der Waals surface area contributed by atoms with E-state index in [2.05, 4.69) is 20.9 Å². The molecule has 0 amide bonds. The second-order valence-electron chi connectivity index (χ2n) is 7.91. The van der Waals surface area contributed by atoms with Crippen molar-refractivity contribution in [3.63, 3.8) is 0 Å². The third kappa shape index (κ3) is 3.35. The average molecular weight is 487 g/mol. The van der Waals surface area contributed by atoms with Crippen molar-refractivity contribution in [2.45, 2.75) is 44.3 Å². The Labute approximate surface area is 186 Å². The number of rotatable bonds is 3. The minimum Gasteiger partial charge on any atom is -0.328 e. The Balaban J connectivity index is 1.77. The molecular formula is C22H21BrClN5O. The first-order valence-corrected chi connectivity index (χ1v) is 11.2. The van der Waals surface area contributed by atoms with E-state index in [1.807, 2.05) is 41.0 Å². The number of aromatic nitrogens is 4. The molecule has 3 aromatic heterocycles. The number of nitrogens with two attached hydrogens (primary N) is 1. The van der Waals surface area contributed by atoms with E-state index in [1.54, 1.807) is 10.8 Å². The van der Waals surface area contributed by atoms with Gasteiger partial charge in [-0.05, 0) is 71.4 Å². The van der Waals surface area contributed by atoms with Crippen LogP contribution in [0.5, 0.6) is 0 Å². The number of pyridine rings is 2. The van der Waals surface area contributed by atoms with Gasteiger partial charge in [-0.25, -0.2) is 9.78 Å². The molecule has 8 heteroatoms. The Morgan fingerprint density at radius 3 is 2.60 bits per heavy atom. The van der Waals surface area contributed by atoms with Crippen molar-refractivity contribution in [2.75, 3.05) is 0 Å². The number of benzene rings is 1. The largest absolute Gasteiger partial charge is 0.330 e. The SMILES string of the molecule is NC1CCC(n2c(=O)n(Cc3ccc(Cl)cc3)c3nc(Br)c4cccnc4c32)CC1. The van der Waals surface area contributed by atoms with Gasteiger partial charge in [0.25, 0.3) is 0 Å². The van der Waals surface area contributed by atoms with E-state index in [4.69, 9.17) is 22.3 Å². The van der Waals surface area contributed by atoms with Gasteiger partial charge in [0, 0.05) is 28.7 Å². The molecule has 0 unspecified atom stereocenters.